The smallest absolute Gasteiger partial charge is 0.153 e. The van der Waals surface area contributed by atoms with Gasteiger partial charge in [-0.25, -0.2) is 8.42 Å². The van der Waals surface area contributed by atoms with Gasteiger partial charge in [-0.15, -0.1) is 0 Å². The van der Waals surface area contributed by atoms with Gasteiger partial charge in [-0.2, -0.15) is 0 Å². The maximum Gasteiger partial charge on any atom is 0.153 e. The van der Waals surface area contributed by atoms with Gasteiger partial charge in [-0.05, 0) is 6.92 Å². The number of hydrogen-bond acceptors (Lipinski definition) is 4. The molecule has 1 aliphatic rings. The summed E-state index contributed by atoms with van der Waals surface area (Å²) in [5.41, 5.74) is -0.157. The first-order valence-electron chi connectivity index (χ1n) is 5.31. The maximum atomic E-state index is 11.4. The molecule has 15 heavy (non-hydrogen) atoms. The molecule has 0 aliphatic carbocycles. The number of nitrogens with zero attached hydrogens (tertiary/aromatic N) is 1. The van der Waals surface area contributed by atoms with Gasteiger partial charge in [0, 0.05) is 31.2 Å². The zero-order valence-electron chi connectivity index (χ0n) is 9.73. The lowest BCUT2D eigenvalue weighted by Crippen LogP contribution is -2.50. The fourth-order valence-electron chi connectivity index (χ4n) is 1.87. The zero-order chi connectivity index (χ0) is 11.7. The van der Waals surface area contributed by atoms with Gasteiger partial charge in [0.15, 0.2) is 9.84 Å². The van der Waals surface area contributed by atoms with Crippen molar-refractivity contribution in [1.82, 2.24) is 4.90 Å². The highest BCUT2D eigenvalue weighted by Crippen LogP contribution is 2.20. The Bertz CT molecular complexity index is 311. The van der Waals surface area contributed by atoms with E-state index in [9.17, 15) is 8.42 Å². The lowest BCUT2D eigenvalue weighted by atomic mass is 9.93. The highest BCUT2D eigenvalue weighted by Gasteiger charge is 2.31. The molecule has 0 aromatic carbocycles. The molecular formula is C10H21NO3S. The first-order chi connectivity index (χ1) is 6.76. The van der Waals surface area contributed by atoms with E-state index in [4.69, 9.17) is 5.11 Å². The van der Waals surface area contributed by atoms with Crippen LogP contribution in [0.5, 0.6) is 0 Å². The molecule has 0 amide bonds. The normalized spacial score (nSPS) is 27.9. The molecule has 1 fully saturated rings. The Balaban J connectivity index is 2.60. The molecule has 1 heterocycles. The van der Waals surface area contributed by atoms with Crippen molar-refractivity contribution in [3.05, 3.63) is 0 Å². The molecule has 90 valence electrons. The van der Waals surface area contributed by atoms with Crippen LogP contribution in [0.15, 0.2) is 0 Å². The molecule has 1 atom stereocenters. The Hall–Kier alpha value is -0.130. The van der Waals surface area contributed by atoms with Crippen LogP contribution < -0.4 is 0 Å². The van der Waals surface area contributed by atoms with Gasteiger partial charge in [-0.3, -0.25) is 4.90 Å². The number of aliphatic hydroxyl groups excluding tert-OH is 1. The Kier molecular flexibility index (Phi) is 3.79. The first-order valence-corrected chi connectivity index (χ1v) is 7.13. The average Bonchev–Trinajstić information content (AvgIpc) is 2.09. The summed E-state index contributed by atoms with van der Waals surface area (Å²) in [7, 11) is -2.83. The molecule has 0 radical (unpaired) electrons. The van der Waals surface area contributed by atoms with Gasteiger partial charge in [-0.1, -0.05) is 13.8 Å². The van der Waals surface area contributed by atoms with E-state index in [1.807, 2.05) is 20.8 Å². The van der Waals surface area contributed by atoms with Crippen molar-refractivity contribution in [2.45, 2.75) is 26.8 Å². The molecule has 0 saturated carbocycles. The van der Waals surface area contributed by atoms with E-state index < -0.39 is 9.84 Å². The van der Waals surface area contributed by atoms with Gasteiger partial charge in [0.1, 0.15) is 0 Å². The predicted molar refractivity (Wildman–Crippen MR) is 60.6 cm³/mol. The summed E-state index contributed by atoms with van der Waals surface area (Å²) in [6.07, 6.45) is 0. The lowest BCUT2D eigenvalue weighted by molar-refractivity contribution is 0.0886. The number of rotatable bonds is 3. The summed E-state index contributed by atoms with van der Waals surface area (Å²) in [5, 5.41) is 9.17. The molecule has 1 saturated heterocycles. The van der Waals surface area contributed by atoms with Crippen molar-refractivity contribution in [1.29, 1.82) is 0 Å². The van der Waals surface area contributed by atoms with Gasteiger partial charge < -0.3 is 5.11 Å². The standard InChI is InChI=1S/C10H21NO3S/c1-9-6-15(13,14)5-4-11(9)7-10(2,3)8-12/h9,12H,4-8H2,1-3H3. The third-order valence-electron chi connectivity index (χ3n) is 2.87. The van der Waals surface area contributed by atoms with Crippen molar-refractivity contribution < 1.29 is 13.5 Å². The molecule has 5 heteroatoms. The van der Waals surface area contributed by atoms with Crippen molar-refractivity contribution >= 4 is 9.84 Å². The fourth-order valence-corrected chi connectivity index (χ4v) is 3.49. The van der Waals surface area contributed by atoms with E-state index in [1.54, 1.807) is 0 Å². The van der Waals surface area contributed by atoms with E-state index in [2.05, 4.69) is 4.90 Å². The molecule has 0 aromatic heterocycles. The minimum Gasteiger partial charge on any atom is -0.396 e. The van der Waals surface area contributed by atoms with Crippen LogP contribution in [0.4, 0.5) is 0 Å². The maximum absolute atomic E-state index is 11.4. The van der Waals surface area contributed by atoms with Crippen molar-refractivity contribution in [3.8, 4) is 0 Å². The second kappa shape index (κ2) is 4.39. The molecule has 4 nitrogen and oxygen atoms in total. The van der Waals surface area contributed by atoms with E-state index in [0.717, 1.165) is 6.54 Å². The second-order valence-corrected chi connectivity index (χ2v) is 7.48. The lowest BCUT2D eigenvalue weighted by Gasteiger charge is -2.38. The molecule has 1 unspecified atom stereocenters. The van der Waals surface area contributed by atoms with Crippen LogP contribution in [0.3, 0.4) is 0 Å². The van der Waals surface area contributed by atoms with Gasteiger partial charge >= 0.3 is 0 Å². The third-order valence-corrected chi connectivity index (χ3v) is 4.66. The average molecular weight is 235 g/mol. The molecule has 0 aromatic rings. The molecule has 1 aliphatic heterocycles. The highest BCUT2D eigenvalue weighted by molar-refractivity contribution is 7.91. The molecule has 1 N–H and O–H groups in total. The Morgan fingerprint density at radius 1 is 1.47 bits per heavy atom. The van der Waals surface area contributed by atoms with Crippen LogP contribution >= 0.6 is 0 Å². The minimum atomic E-state index is -2.83. The van der Waals surface area contributed by atoms with Crippen molar-refractivity contribution in [3.63, 3.8) is 0 Å². The van der Waals surface area contributed by atoms with E-state index in [-0.39, 0.29) is 29.6 Å². The SMILES string of the molecule is CC1CS(=O)(=O)CCN1CC(C)(C)CO. The summed E-state index contributed by atoms with van der Waals surface area (Å²) < 4.78 is 22.7. The van der Waals surface area contributed by atoms with Crippen LogP contribution in [-0.2, 0) is 9.84 Å². The van der Waals surface area contributed by atoms with Crippen molar-refractivity contribution in [2.75, 3.05) is 31.2 Å². The zero-order valence-corrected chi connectivity index (χ0v) is 10.5. The van der Waals surface area contributed by atoms with Gasteiger partial charge in [0.25, 0.3) is 0 Å². The largest absolute Gasteiger partial charge is 0.396 e. The van der Waals surface area contributed by atoms with Crippen LogP contribution in [0, 0.1) is 5.41 Å². The second-order valence-electron chi connectivity index (χ2n) is 5.26. The third kappa shape index (κ3) is 3.74. The van der Waals surface area contributed by atoms with Crippen LogP contribution in [0.25, 0.3) is 0 Å². The highest BCUT2D eigenvalue weighted by atomic mass is 32.2. The van der Waals surface area contributed by atoms with Gasteiger partial charge in [0.05, 0.1) is 11.5 Å². The summed E-state index contributed by atoms with van der Waals surface area (Å²) in [6.45, 7) is 7.38. The van der Waals surface area contributed by atoms with Crippen LogP contribution in [-0.4, -0.2) is 55.7 Å². The number of aliphatic hydroxyl groups is 1. The minimum absolute atomic E-state index is 0.0644. The van der Waals surface area contributed by atoms with Gasteiger partial charge in [0.2, 0.25) is 0 Å². The fraction of sp³-hybridized carbons (Fsp3) is 1.00. The Labute approximate surface area is 92.2 Å². The summed E-state index contributed by atoms with van der Waals surface area (Å²) in [5.74, 6) is 0.493. The summed E-state index contributed by atoms with van der Waals surface area (Å²) >= 11 is 0. The predicted octanol–water partition coefficient (Wildman–Crippen LogP) is 0.124. The molecular weight excluding hydrogens is 214 g/mol. The topological polar surface area (TPSA) is 57.6 Å². The Morgan fingerprint density at radius 2 is 2.07 bits per heavy atom. The van der Waals surface area contributed by atoms with Crippen LogP contribution in [0.2, 0.25) is 0 Å². The van der Waals surface area contributed by atoms with Crippen molar-refractivity contribution in [2.24, 2.45) is 5.41 Å². The first kappa shape index (κ1) is 12.9. The van der Waals surface area contributed by atoms with E-state index >= 15 is 0 Å². The van der Waals surface area contributed by atoms with Crippen LogP contribution in [0.1, 0.15) is 20.8 Å². The van der Waals surface area contributed by atoms with E-state index in [0.29, 0.717) is 6.54 Å². The van der Waals surface area contributed by atoms with E-state index in [1.165, 1.54) is 0 Å². The number of hydrogen-bond donors (Lipinski definition) is 1. The monoisotopic (exact) mass is 235 g/mol. The number of sulfone groups is 1. The summed E-state index contributed by atoms with van der Waals surface area (Å²) in [6, 6.07) is 0.0644. The molecule has 0 spiro atoms. The molecule has 1 rings (SSSR count). The molecule has 0 bridgehead atoms. The summed E-state index contributed by atoms with van der Waals surface area (Å²) in [4.78, 5) is 2.15. The quantitative estimate of drug-likeness (QED) is 0.755. The Morgan fingerprint density at radius 3 is 2.53 bits per heavy atom.